The van der Waals surface area contributed by atoms with Gasteiger partial charge in [-0.2, -0.15) is 0 Å². The molecule has 0 atom stereocenters. The third-order valence-electron chi connectivity index (χ3n) is 4.08. The van der Waals surface area contributed by atoms with Crippen LogP contribution in [0.15, 0.2) is 24.3 Å². The molecule has 0 bridgehead atoms. The van der Waals surface area contributed by atoms with E-state index >= 15 is 0 Å². The normalized spacial score (nSPS) is 17.1. The van der Waals surface area contributed by atoms with Crippen molar-refractivity contribution in [1.82, 2.24) is 4.90 Å². The molecular weight excluding hydrogens is 234 g/mol. The van der Waals surface area contributed by atoms with E-state index in [0.29, 0.717) is 5.75 Å². The number of hydrogen-bond acceptors (Lipinski definition) is 2. The minimum absolute atomic E-state index is 0.425. The molecule has 0 saturated carbocycles. The third-order valence-corrected chi connectivity index (χ3v) is 4.08. The van der Waals surface area contributed by atoms with Crippen LogP contribution in [0.3, 0.4) is 0 Å². The summed E-state index contributed by atoms with van der Waals surface area (Å²) in [5, 5.41) is 10.2. The van der Waals surface area contributed by atoms with Crippen molar-refractivity contribution in [2.45, 2.75) is 39.5 Å². The van der Waals surface area contributed by atoms with E-state index in [4.69, 9.17) is 0 Å². The SMILES string of the molecule is C/C=C(/CCN1CCCC1)c1c(O)cccc1CC. The minimum Gasteiger partial charge on any atom is -0.507 e. The van der Waals surface area contributed by atoms with Gasteiger partial charge in [0.1, 0.15) is 5.75 Å². The fraction of sp³-hybridized carbons (Fsp3) is 0.529. The molecule has 2 nitrogen and oxygen atoms in total. The zero-order valence-corrected chi connectivity index (χ0v) is 12.2. The van der Waals surface area contributed by atoms with E-state index in [1.165, 1.54) is 37.1 Å². The monoisotopic (exact) mass is 259 g/mol. The maximum atomic E-state index is 10.2. The quantitative estimate of drug-likeness (QED) is 0.868. The summed E-state index contributed by atoms with van der Waals surface area (Å²) in [5.74, 6) is 0.425. The standard InChI is InChI=1S/C17H25NO/c1-3-14-8-7-9-16(19)17(14)15(4-2)10-13-18-11-5-6-12-18/h4,7-9,19H,3,5-6,10-13H2,1-2H3/b15-4-. The third kappa shape index (κ3) is 3.38. The first-order valence-electron chi connectivity index (χ1n) is 7.45. The zero-order chi connectivity index (χ0) is 13.7. The number of benzene rings is 1. The molecule has 0 aliphatic carbocycles. The molecule has 1 fully saturated rings. The molecule has 1 heterocycles. The van der Waals surface area contributed by atoms with Gasteiger partial charge >= 0.3 is 0 Å². The van der Waals surface area contributed by atoms with Crippen LogP contribution < -0.4 is 0 Å². The molecule has 1 N–H and O–H groups in total. The molecule has 19 heavy (non-hydrogen) atoms. The van der Waals surface area contributed by atoms with E-state index in [2.05, 4.69) is 30.9 Å². The van der Waals surface area contributed by atoms with E-state index in [9.17, 15) is 5.11 Å². The molecule has 1 saturated heterocycles. The summed E-state index contributed by atoms with van der Waals surface area (Å²) in [5.41, 5.74) is 3.59. The molecule has 0 radical (unpaired) electrons. The number of aryl methyl sites for hydroxylation is 1. The smallest absolute Gasteiger partial charge is 0.123 e. The number of allylic oxidation sites excluding steroid dienone is 1. The Labute approximate surface area is 116 Å². The Morgan fingerprint density at radius 1 is 1.32 bits per heavy atom. The highest BCUT2D eigenvalue weighted by Gasteiger charge is 2.15. The van der Waals surface area contributed by atoms with Crippen molar-refractivity contribution in [3.05, 3.63) is 35.4 Å². The lowest BCUT2D eigenvalue weighted by atomic mass is 9.94. The van der Waals surface area contributed by atoms with Crippen LogP contribution in [0, 0.1) is 0 Å². The van der Waals surface area contributed by atoms with Crippen LogP contribution in [0.25, 0.3) is 5.57 Å². The van der Waals surface area contributed by atoms with Crippen LogP contribution >= 0.6 is 0 Å². The molecule has 1 aromatic rings. The number of phenols is 1. The van der Waals surface area contributed by atoms with Crippen LogP contribution in [0.4, 0.5) is 0 Å². The lowest BCUT2D eigenvalue weighted by Gasteiger charge is -2.18. The number of likely N-dealkylation sites (tertiary alicyclic amines) is 1. The number of rotatable bonds is 5. The average Bonchev–Trinajstić information content (AvgIpc) is 2.94. The Hall–Kier alpha value is -1.28. The molecule has 2 heteroatoms. The average molecular weight is 259 g/mol. The van der Waals surface area contributed by atoms with E-state index < -0.39 is 0 Å². The number of hydrogen-bond donors (Lipinski definition) is 1. The number of phenolic OH excluding ortho intramolecular Hbond substituents is 1. The van der Waals surface area contributed by atoms with Crippen LogP contribution in [-0.4, -0.2) is 29.6 Å². The fourth-order valence-corrected chi connectivity index (χ4v) is 2.95. The van der Waals surface area contributed by atoms with Crippen molar-refractivity contribution in [3.63, 3.8) is 0 Å². The first-order chi connectivity index (χ1) is 9.26. The Bertz CT molecular complexity index is 445. The first-order valence-corrected chi connectivity index (χ1v) is 7.45. The van der Waals surface area contributed by atoms with E-state index in [1.807, 2.05) is 6.07 Å². The topological polar surface area (TPSA) is 23.5 Å². The summed E-state index contributed by atoms with van der Waals surface area (Å²) in [6.07, 6.45) is 6.82. The molecular formula is C17H25NO. The van der Waals surface area contributed by atoms with Crippen LogP contribution in [-0.2, 0) is 6.42 Å². The Balaban J connectivity index is 2.13. The highest BCUT2D eigenvalue weighted by molar-refractivity contribution is 5.73. The van der Waals surface area contributed by atoms with Crippen LogP contribution in [0.5, 0.6) is 5.75 Å². The van der Waals surface area contributed by atoms with E-state index in [1.54, 1.807) is 6.07 Å². The van der Waals surface area contributed by atoms with Gasteiger partial charge in [0, 0.05) is 12.1 Å². The Morgan fingerprint density at radius 3 is 2.68 bits per heavy atom. The predicted octanol–water partition coefficient (Wildman–Crippen LogP) is 3.84. The Kier molecular flexibility index (Phi) is 5.03. The number of nitrogens with zero attached hydrogens (tertiary/aromatic N) is 1. The van der Waals surface area contributed by atoms with Gasteiger partial charge in [-0.25, -0.2) is 0 Å². The molecule has 0 spiro atoms. The highest BCUT2D eigenvalue weighted by atomic mass is 16.3. The largest absolute Gasteiger partial charge is 0.507 e. The second-order valence-electron chi connectivity index (χ2n) is 5.28. The Morgan fingerprint density at radius 2 is 2.05 bits per heavy atom. The van der Waals surface area contributed by atoms with Gasteiger partial charge in [0.2, 0.25) is 0 Å². The predicted molar refractivity (Wildman–Crippen MR) is 81.4 cm³/mol. The molecule has 1 aromatic carbocycles. The maximum absolute atomic E-state index is 10.2. The summed E-state index contributed by atoms with van der Waals surface area (Å²) in [4.78, 5) is 2.52. The van der Waals surface area contributed by atoms with Crippen molar-refractivity contribution in [3.8, 4) is 5.75 Å². The zero-order valence-electron chi connectivity index (χ0n) is 12.2. The first kappa shape index (κ1) is 14.1. The van der Waals surface area contributed by atoms with Crippen LogP contribution in [0.1, 0.15) is 44.2 Å². The summed E-state index contributed by atoms with van der Waals surface area (Å²) < 4.78 is 0. The van der Waals surface area contributed by atoms with Gasteiger partial charge in [0.25, 0.3) is 0 Å². The molecule has 0 amide bonds. The minimum atomic E-state index is 0.425. The van der Waals surface area contributed by atoms with Crippen molar-refractivity contribution in [2.24, 2.45) is 0 Å². The highest BCUT2D eigenvalue weighted by Crippen LogP contribution is 2.31. The summed E-state index contributed by atoms with van der Waals surface area (Å²) >= 11 is 0. The number of aromatic hydroxyl groups is 1. The van der Waals surface area contributed by atoms with E-state index in [0.717, 1.165) is 24.9 Å². The fourth-order valence-electron chi connectivity index (χ4n) is 2.95. The van der Waals surface area contributed by atoms with Gasteiger partial charge in [-0.05, 0) is 62.9 Å². The second kappa shape index (κ2) is 6.76. The summed E-state index contributed by atoms with van der Waals surface area (Å²) in [6.45, 7) is 7.80. The molecule has 104 valence electrons. The van der Waals surface area contributed by atoms with Gasteiger partial charge in [-0.3, -0.25) is 0 Å². The van der Waals surface area contributed by atoms with Gasteiger partial charge < -0.3 is 10.0 Å². The van der Waals surface area contributed by atoms with Crippen molar-refractivity contribution < 1.29 is 5.11 Å². The van der Waals surface area contributed by atoms with Crippen LogP contribution in [0.2, 0.25) is 0 Å². The van der Waals surface area contributed by atoms with E-state index in [-0.39, 0.29) is 0 Å². The van der Waals surface area contributed by atoms with Crippen molar-refractivity contribution >= 4 is 5.57 Å². The summed E-state index contributed by atoms with van der Waals surface area (Å²) in [7, 11) is 0. The lowest BCUT2D eigenvalue weighted by molar-refractivity contribution is 0.347. The molecule has 1 aliphatic rings. The van der Waals surface area contributed by atoms with Gasteiger partial charge in [-0.1, -0.05) is 25.1 Å². The van der Waals surface area contributed by atoms with Gasteiger partial charge in [-0.15, -0.1) is 0 Å². The van der Waals surface area contributed by atoms with Gasteiger partial charge in [0.05, 0.1) is 0 Å². The second-order valence-corrected chi connectivity index (χ2v) is 5.28. The lowest BCUT2D eigenvalue weighted by Crippen LogP contribution is -2.20. The summed E-state index contributed by atoms with van der Waals surface area (Å²) in [6, 6.07) is 5.85. The van der Waals surface area contributed by atoms with Crippen molar-refractivity contribution in [1.29, 1.82) is 0 Å². The molecule has 0 unspecified atom stereocenters. The molecule has 1 aliphatic heterocycles. The van der Waals surface area contributed by atoms with Gasteiger partial charge in [0.15, 0.2) is 0 Å². The molecule has 2 rings (SSSR count). The van der Waals surface area contributed by atoms with Crippen molar-refractivity contribution in [2.75, 3.05) is 19.6 Å². The maximum Gasteiger partial charge on any atom is 0.123 e. The molecule has 0 aromatic heterocycles.